The molecule has 2 rings (SSSR count). The Bertz CT molecular complexity index is 672. The molecule has 0 radical (unpaired) electrons. The summed E-state index contributed by atoms with van der Waals surface area (Å²) in [7, 11) is 0. The SMILES string of the molecule is O=C(Nc1c(Br)cccc1C(=O)O)c1ccc(Br)nc1. The monoisotopic (exact) mass is 398 g/mol. The van der Waals surface area contributed by atoms with Gasteiger partial charge in [-0.05, 0) is 56.1 Å². The number of carbonyl (C=O) groups excluding carboxylic acids is 1. The van der Waals surface area contributed by atoms with Crippen molar-refractivity contribution in [3.05, 3.63) is 56.7 Å². The summed E-state index contributed by atoms with van der Waals surface area (Å²) in [6.07, 6.45) is 1.40. The van der Waals surface area contributed by atoms with Crippen LogP contribution in [-0.4, -0.2) is 22.0 Å². The Morgan fingerprint density at radius 2 is 1.90 bits per heavy atom. The molecule has 1 aromatic carbocycles. The first-order valence-electron chi connectivity index (χ1n) is 5.44. The van der Waals surface area contributed by atoms with Crippen molar-refractivity contribution in [3.63, 3.8) is 0 Å². The van der Waals surface area contributed by atoms with Crippen LogP contribution in [0.5, 0.6) is 0 Å². The molecule has 0 saturated heterocycles. The number of aromatic carboxylic acids is 1. The van der Waals surface area contributed by atoms with Crippen molar-refractivity contribution in [2.45, 2.75) is 0 Å². The Kier molecular flexibility index (Phi) is 4.51. The van der Waals surface area contributed by atoms with Gasteiger partial charge in [-0.2, -0.15) is 0 Å². The number of pyridine rings is 1. The van der Waals surface area contributed by atoms with Crippen LogP contribution in [0.2, 0.25) is 0 Å². The topological polar surface area (TPSA) is 79.3 Å². The van der Waals surface area contributed by atoms with Gasteiger partial charge in [0.2, 0.25) is 0 Å². The maximum absolute atomic E-state index is 12.1. The highest BCUT2D eigenvalue weighted by atomic mass is 79.9. The van der Waals surface area contributed by atoms with Crippen LogP contribution in [0, 0.1) is 0 Å². The van der Waals surface area contributed by atoms with E-state index in [1.165, 1.54) is 12.3 Å². The first-order chi connectivity index (χ1) is 9.49. The third-order valence-corrected chi connectivity index (χ3v) is 3.60. The van der Waals surface area contributed by atoms with Gasteiger partial charge >= 0.3 is 5.97 Å². The van der Waals surface area contributed by atoms with Crippen LogP contribution in [0.15, 0.2) is 45.6 Å². The van der Waals surface area contributed by atoms with Crippen molar-refractivity contribution in [1.82, 2.24) is 4.98 Å². The number of hydrogen-bond acceptors (Lipinski definition) is 3. The molecule has 0 atom stereocenters. The van der Waals surface area contributed by atoms with Crippen molar-refractivity contribution < 1.29 is 14.7 Å². The first kappa shape index (κ1) is 14.7. The van der Waals surface area contributed by atoms with E-state index in [1.54, 1.807) is 24.3 Å². The number of halogens is 2. The molecule has 2 N–H and O–H groups in total. The summed E-state index contributed by atoms with van der Waals surface area (Å²) in [6.45, 7) is 0. The van der Waals surface area contributed by atoms with Gasteiger partial charge in [-0.3, -0.25) is 4.79 Å². The molecule has 0 aliphatic carbocycles. The van der Waals surface area contributed by atoms with Gasteiger partial charge in [0.1, 0.15) is 4.60 Å². The summed E-state index contributed by atoms with van der Waals surface area (Å²) in [5.41, 5.74) is 0.561. The summed E-state index contributed by atoms with van der Waals surface area (Å²) >= 11 is 6.40. The minimum atomic E-state index is -1.12. The lowest BCUT2D eigenvalue weighted by Crippen LogP contribution is -2.15. The molecule has 0 spiro atoms. The average Bonchev–Trinajstić information content (AvgIpc) is 2.41. The molecular formula is C13H8Br2N2O3. The maximum Gasteiger partial charge on any atom is 0.337 e. The minimum absolute atomic E-state index is 0.0118. The van der Waals surface area contributed by atoms with Crippen molar-refractivity contribution in [2.75, 3.05) is 5.32 Å². The van der Waals surface area contributed by atoms with E-state index in [0.717, 1.165) is 0 Å². The molecule has 0 saturated carbocycles. The van der Waals surface area contributed by atoms with Crippen LogP contribution in [-0.2, 0) is 0 Å². The van der Waals surface area contributed by atoms with E-state index in [0.29, 0.717) is 14.6 Å². The van der Waals surface area contributed by atoms with Crippen molar-refractivity contribution >= 4 is 49.4 Å². The van der Waals surface area contributed by atoms with Crippen LogP contribution in [0.3, 0.4) is 0 Å². The lowest BCUT2D eigenvalue weighted by molar-refractivity contribution is 0.0698. The van der Waals surface area contributed by atoms with Gasteiger partial charge in [0, 0.05) is 10.7 Å². The van der Waals surface area contributed by atoms with Gasteiger partial charge in [0.25, 0.3) is 5.91 Å². The summed E-state index contributed by atoms with van der Waals surface area (Å²) in [6, 6.07) is 7.88. The number of amides is 1. The molecule has 0 fully saturated rings. The summed E-state index contributed by atoms with van der Waals surface area (Å²) < 4.78 is 1.11. The van der Waals surface area contributed by atoms with Gasteiger partial charge in [-0.25, -0.2) is 9.78 Å². The minimum Gasteiger partial charge on any atom is -0.478 e. The maximum atomic E-state index is 12.1. The van der Waals surface area contributed by atoms with Gasteiger partial charge in [0.15, 0.2) is 0 Å². The molecule has 20 heavy (non-hydrogen) atoms. The number of carbonyl (C=O) groups is 2. The number of rotatable bonds is 3. The molecule has 0 bridgehead atoms. The van der Waals surface area contributed by atoms with Crippen LogP contribution < -0.4 is 5.32 Å². The van der Waals surface area contributed by atoms with Crippen LogP contribution >= 0.6 is 31.9 Å². The van der Waals surface area contributed by atoms with E-state index in [1.807, 2.05) is 0 Å². The van der Waals surface area contributed by atoms with E-state index >= 15 is 0 Å². The number of hydrogen-bond donors (Lipinski definition) is 2. The summed E-state index contributed by atoms with van der Waals surface area (Å²) in [4.78, 5) is 27.2. The number of para-hydroxylation sites is 1. The van der Waals surface area contributed by atoms with Crippen LogP contribution in [0.4, 0.5) is 5.69 Å². The number of anilines is 1. The zero-order chi connectivity index (χ0) is 14.7. The molecule has 5 nitrogen and oxygen atoms in total. The highest BCUT2D eigenvalue weighted by molar-refractivity contribution is 9.10. The van der Waals surface area contributed by atoms with E-state index in [9.17, 15) is 9.59 Å². The number of nitrogens with one attached hydrogen (secondary N) is 1. The molecule has 0 unspecified atom stereocenters. The van der Waals surface area contributed by atoms with Gasteiger partial charge < -0.3 is 10.4 Å². The van der Waals surface area contributed by atoms with Gasteiger partial charge in [0.05, 0.1) is 16.8 Å². The van der Waals surface area contributed by atoms with E-state index < -0.39 is 11.9 Å². The molecule has 1 amide bonds. The number of nitrogens with zero attached hydrogens (tertiary/aromatic N) is 1. The molecule has 2 aromatic rings. The third kappa shape index (κ3) is 3.23. The van der Waals surface area contributed by atoms with E-state index in [-0.39, 0.29) is 11.3 Å². The number of carboxylic acid groups (broad SMARTS) is 1. The number of aromatic nitrogens is 1. The van der Waals surface area contributed by atoms with Crippen LogP contribution in [0.25, 0.3) is 0 Å². The molecule has 0 aliphatic rings. The number of carboxylic acids is 1. The number of benzene rings is 1. The fourth-order valence-corrected chi connectivity index (χ4v) is 2.23. The Morgan fingerprint density at radius 3 is 2.50 bits per heavy atom. The second kappa shape index (κ2) is 6.15. The predicted molar refractivity (Wildman–Crippen MR) is 81.0 cm³/mol. The Morgan fingerprint density at radius 1 is 1.15 bits per heavy atom. The molecule has 0 aliphatic heterocycles. The van der Waals surface area contributed by atoms with Gasteiger partial charge in [-0.15, -0.1) is 0 Å². The summed E-state index contributed by atoms with van der Waals surface area (Å²) in [5.74, 6) is -1.55. The zero-order valence-corrected chi connectivity index (χ0v) is 13.1. The molecule has 102 valence electrons. The predicted octanol–water partition coefficient (Wildman–Crippen LogP) is 3.56. The quantitative estimate of drug-likeness (QED) is 0.773. The first-order valence-corrected chi connectivity index (χ1v) is 7.02. The standard InChI is InChI=1S/C13H8Br2N2O3/c14-9-3-1-2-8(13(19)20)11(9)17-12(18)7-4-5-10(15)16-6-7/h1-6H,(H,17,18)(H,19,20). The van der Waals surface area contributed by atoms with Crippen LogP contribution in [0.1, 0.15) is 20.7 Å². The van der Waals surface area contributed by atoms with E-state index in [2.05, 4.69) is 42.2 Å². The molecule has 1 aromatic heterocycles. The molecule has 1 heterocycles. The molecular weight excluding hydrogens is 392 g/mol. The highest BCUT2D eigenvalue weighted by Gasteiger charge is 2.16. The van der Waals surface area contributed by atoms with Crippen molar-refractivity contribution in [1.29, 1.82) is 0 Å². The largest absolute Gasteiger partial charge is 0.478 e. The second-order valence-electron chi connectivity index (χ2n) is 3.79. The normalized spacial score (nSPS) is 10.1. The van der Waals surface area contributed by atoms with E-state index in [4.69, 9.17) is 5.11 Å². The Balaban J connectivity index is 2.32. The fourth-order valence-electron chi connectivity index (χ4n) is 1.53. The Labute approximate surface area is 131 Å². The lowest BCUT2D eigenvalue weighted by Gasteiger charge is -2.10. The highest BCUT2D eigenvalue weighted by Crippen LogP contribution is 2.27. The molecule has 7 heteroatoms. The third-order valence-electron chi connectivity index (χ3n) is 2.47. The lowest BCUT2D eigenvalue weighted by atomic mass is 10.1. The van der Waals surface area contributed by atoms with Gasteiger partial charge in [-0.1, -0.05) is 6.07 Å². The fraction of sp³-hybridized carbons (Fsp3) is 0. The van der Waals surface area contributed by atoms with Crippen molar-refractivity contribution in [3.8, 4) is 0 Å². The Hall–Kier alpha value is -1.73. The zero-order valence-electron chi connectivity index (χ0n) is 9.93. The second-order valence-corrected chi connectivity index (χ2v) is 5.46. The smallest absolute Gasteiger partial charge is 0.337 e. The summed E-state index contributed by atoms with van der Waals surface area (Å²) in [5, 5.41) is 11.7. The average molecular weight is 400 g/mol. The van der Waals surface area contributed by atoms with Crippen molar-refractivity contribution in [2.24, 2.45) is 0 Å².